The summed E-state index contributed by atoms with van der Waals surface area (Å²) in [7, 11) is 0. The third-order valence-corrected chi connectivity index (χ3v) is 5.38. The number of allylic oxidation sites excluding steroid dienone is 4. The topological polar surface area (TPSA) is 12.9 Å². The molecule has 1 aromatic heterocycles. The van der Waals surface area contributed by atoms with Crippen LogP contribution in [-0.4, -0.2) is 4.98 Å². The van der Waals surface area contributed by atoms with Gasteiger partial charge in [-0.15, -0.1) is 0 Å². The van der Waals surface area contributed by atoms with Gasteiger partial charge in [-0.2, -0.15) is 0 Å². The van der Waals surface area contributed by atoms with Gasteiger partial charge >= 0.3 is 0 Å². The lowest BCUT2D eigenvalue weighted by Crippen LogP contribution is -1.94. The minimum absolute atomic E-state index is 0.994. The molecule has 0 N–H and O–H groups in total. The summed E-state index contributed by atoms with van der Waals surface area (Å²) in [4.78, 5) is 4.48. The minimum atomic E-state index is 0.994. The van der Waals surface area contributed by atoms with Crippen molar-refractivity contribution in [1.82, 2.24) is 4.98 Å². The Kier molecular flexibility index (Phi) is 4.14. The molecule has 1 heterocycles. The molecule has 1 heteroatoms. The van der Waals surface area contributed by atoms with E-state index in [1.807, 2.05) is 12.4 Å². The standard InChI is InChI=1S/C27H21N/c1-19-15-22(18-28-17-19)27-24-14-8-7-13-23(24)25(20-9-3-2-4-10-20)16-26(27)21-11-5-6-12-21/h2-5,7-18H,6H2,1H3. The summed E-state index contributed by atoms with van der Waals surface area (Å²) in [5.74, 6) is 0. The van der Waals surface area contributed by atoms with Crippen LogP contribution in [-0.2, 0) is 0 Å². The van der Waals surface area contributed by atoms with Crippen LogP contribution in [0.25, 0.3) is 38.6 Å². The number of nitrogens with zero attached hydrogens (tertiary/aromatic N) is 1. The largest absolute Gasteiger partial charge is 0.264 e. The van der Waals surface area contributed by atoms with Crippen molar-refractivity contribution in [3.8, 4) is 22.3 Å². The quantitative estimate of drug-likeness (QED) is 0.376. The molecule has 134 valence electrons. The Balaban J connectivity index is 1.91. The summed E-state index contributed by atoms with van der Waals surface area (Å²) in [5.41, 5.74) is 8.71. The van der Waals surface area contributed by atoms with E-state index >= 15 is 0 Å². The van der Waals surface area contributed by atoms with E-state index < -0.39 is 0 Å². The minimum Gasteiger partial charge on any atom is -0.264 e. The molecule has 3 aromatic carbocycles. The molecule has 0 bridgehead atoms. The molecule has 5 rings (SSSR count). The molecule has 1 aliphatic rings. The van der Waals surface area contributed by atoms with Crippen molar-refractivity contribution in [3.05, 3.63) is 108 Å². The third-order valence-electron chi connectivity index (χ3n) is 5.38. The summed E-state index contributed by atoms with van der Waals surface area (Å²) in [5, 5.41) is 2.55. The first-order chi connectivity index (χ1) is 13.8. The number of benzene rings is 3. The maximum Gasteiger partial charge on any atom is 0.0346 e. The molecule has 0 spiro atoms. The molecule has 0 fully saturated rings. The van der Waals surface area contributed by atoms with Crippen molar-refractivity contribution in [2.24, 2.45) is 0 Å². The Hall–Kier alpha value is -3.45. The summed E-state index contributed by atoms with van der Waals surface area (Å²) >= 11 is 0. The average Bonchev–Trinajstić information content (AvgIpc) is 3.28. The van der Waals surface area contributed by atoms with Crippen molar-refractivity contribution in [2.45, 2.75) is 13.3 Å². The van der Waals surface area contributed by atoms with Crippen LogP contribution in [0.4, 0.5) is 0 Å². The van der Waals surface area contributed by atoms with Crippen molar-refractivity contribution >= 4 is 16.3 Å². The van der Waals surface area contributed by atoms with E-state index in [-0.39, 0.29) is 0 Å². The molecule has 0 radical (unpaired) electrons. The summed E-state index contributed by atoms with van der Waals surface area (Å²) in [6.45, 7) is 2.10. The number of aromatic nitrogens is 1. The zero-order chi connectivity index (χ0) is 18.9. The zero-order valence-corrected chi connectivity index (χ0v) is 15.9. The van der Waals surface area contributed by atoms with Crippen molar-refractivity contribution in [1.29, 1.82) is 0 Å². The Morgan fingerprint density at radius 3 is 2.29 bits per heavy atom. The number of hydrogen-bond donors (Lipinski definition) is 0. The molecule has 0 saturated heterocycles. The molecule has 0 aliphatic heterocycles. The van der Waals surface area contributed by atoms with Gasteiger partial charge in [0.05, 0.1) is 0 Å². The van der Waals surface area contributed by atoms with E-state index in [1.54, 1.807) is 0 Å². The second-order valence-corrected chi connectivity index (χ2v) is 7.31. The molecular formula is C27H21N. The number of rotatable bonds is 3. The van der Waals surface area contributed by atoms with E-state index in [0.29, 0.717) is 0 Å². The van der Waals surface area contributed by atoms with E-state index in [4.69, 9.17) is 0 Å². The molecule has 28 heavy (non-hydrogen) atoms. The lowest BCUT2D eigenvalue weighted by Gasteiger charge is -2.18. The lowest BCUT2D eigenvalue weighted by atomic mass is 9.86. The maximum atomic E-state index is 4.48. The van der Waals surface area contributed by atoms with Crippen LogP contribution in [0.1, 0.15) is 17.5 Å². The first kappa shape index (κ1) is 16.7. The van der Waals surface area contributed by atoms with Gasteiger partial charge in [-0.3, -0.25) is 4.98 Å². The number of pyridine rings is 1. The number of fused-ring (bicyclic) bond motifs is 1. The van der Waals surface area contributed by atoms with Crippen molar-refractivity contribution < 1.29 is 0 Å². The molecule has 0 atom stereocenters. The van der Waals surface area contributed by atoms with E-state index in [2.05, 4.69) is 96.9 Å². The number of hydrogen-bond acceptors (Lipinski definition) is 1. The summed E-state index contributed by atoms with van der Waals surface area (Å²) < 4.78 is 0. The van der Waals surface area contributed by atoms with Crippen LogP contribution in [0, 0.1) is 6.92 Å². The molecule has 1 aliphatic carbocycles. The molecular weight excluding hydrogens is 338 g/mol. The summed E-state index contributed by atoms with van der Waals surface area (Å²) in [6.07, 6.45) is 11.7. The van der Waals surface area contributed by atoms with Crippen LogP contribution in [0.3, 0.4) is 0 Å². The molecule has 4 aromatic rings. The molecule has 0 saturated carbocycles. The molecule has 0 amide bonds. The first-order valence-corrected chi connectivity index (χ1v) is 9.71. The Bertz CT molecular complexity index is 1230. The highest BCUT2D eigenvalue weighted by Gasteiger charge is 2.17. The van der Waals surface area contributed by atoms with Crippen molar-refractivity contribution in [2.75, 3.05) is 0 Å². The second-order valence-electron chi connectivity index (χ2n) is 7.31. The smallest absolute Gasteiger partial charge is 0.0346 e. The fraction of sp³-hybridized carbons (Fsp3) is 0.0741. The van der Waals surface area contributed by atoms with Gasteiger partial charge in [-0.25, -0.2) is 0 Å². The predicted molar refractivity (Wildman–Crippen MR) is 119 cm³/mol. The Morgan fingerprint density at radius 2 is 1.54 bits per heavy atom. The van der Waals surface area contributed by atoms with Crippen LogP contribution < -0.4 is 0 Å². The van der Waals surface area contributed by atoms with Gasteiger partial charge in [-0.1, -0.05) is 72.8 Å². The van der Waals surface area contributed by atoms with Gasteiger partial charge in [0.1, 0.15) is 0 Å². The summed E-state index contributed by atoms with van der Waals surface area (Å²) in [6, 6.07) is 24.0. The molecule has 0 unspecified atom stereocenters. The maximum absolute atomic E-state index is 4.48. The van der Waals surface area contributed by atoms with Crippen LogP contribution in [0.2, 0.25) is 0 Å². The first-order valence-electron chi connectivity index (χ1n) is 9.71. The number of aryl methyl sites for hydroxylation is 1. The van der Waals surface area contributed by atoms with Gasteiger partial charge in [0.25, 0.3) is 0 Å². The fourth-order valence-electron chi connectivity index (χ4n) is 4.12. The van der Waals surface area contributed by atoms with E-state index in [9.17, 15) is 0 Å². The van der Waals surface area contributed by atoms with Gasteiger partial charge in [-0.05, 0) is 69.6 Å². The SMILES string of the molecule is Cc1cncc(-c2c(C3=CCC=C3)cc(-c3ccccc3)c3ccccc23)c1. The monoisotopic (exact) mass is 359 g/mol. The highest BCUT2D eigenvalue weighted by Crippen LogP contribution is 2.42. The highest BCUT2D eigenvalue weighted by molar-refractivity contribution is 6.09. The van der Waals surface area contributed by atoms with Gasteiger partial charge < -0.3 is 0 Å². The molecule has 1 nitrogen and oxygen atoms in total. The van der Waals surface area contributed by atoms with Crippen molar-refractivity contribution in [3.63, 3.8) is 0 Å². The van der Waals surface area contributed by atoms with Crippen LogP contribution in [0.15, 0.2) is 97.4 Å². The third kappa shape index (κ3) is 2.86. The van der Waals surface area contributed by atoms with E-state index in [1.165, 1.54) is 49.7 Å². The normalized spacial score (nSPS) is 13.1. The second kappa shape index (κ2) is 6.94. The predicted octanol–water partition coefficient (Wildman–Crippen LogP) is 7.22. The fourth-order valence-corrected chi connectivity index (χ4v) is 4.12. The van der Waals surface area contributed by atoms with Gasteiger partial charge in [0, 0.05) is 18.0 Å². The van der Waals surface area contributed by atoms with E-state index in [0.717, 1.165) is 6.42 Å². The Morgan fingerprint density at radius 1 is 0.750 bits per heavy atom. The van der Waals surface area contributed by atoms with Gasteiger partial charge in [0.2, 0.25) is 0 Å². The lowest BCUT2D eigenvalue weighted by molar-refractivity contribution is 1.27. The Labute approximate surface area is 165 Å². The van der Waals surface area contributed by atoms with Gasteiger partial charge in [0.15, 0.2) is 0 Å². The van der Waals surface area contributed by atoms with Crippen LogP contribution >= 0.6 is 0 Å². The highest BCUT2D eigenvalue weighted by atomic mass is 14.6. The zero-order valence-electron chi connectivity index (χ0n) is 15.9. The van der Waals surface area contributed by atoms with Crippen LogP contribution in [0.5, 0.6) is 0 Å². The average molecular weight is 359 g/mol.